The highest BCUT2D eigenvalue weighted by Crippen LogP contribution is 1.95. The summed E-state index contributed by atoms with van der Waals surface area (Å²) in [4.78, 5) is 21.3. The second kappa shape index (κ2) is 5.12. The van der Waals surface area contributed by atoms with Gasteiger partial charge in [0, 0.05) is 6.08 Å². The van der Waals surface area contributed by atoms with Crippen LogP contribution in [0.3, 0.4) is 0 Å². The second-order valence-electron chi connectivity index (χ2n) is 1.89. The fraction of sp³-hybridized carbons (Fsp3) is 0.250. The van der Waals surface area contributed by atoms with Gasteiger partial charge in [0.05, 0.1) is 6.26 Å². The summed E-state index contributed by atoms with van der Waals surface area (Å²) in [6.07, 6.45) is 1.01. The average Bonchev–Trinajstić information content (AvgIpc) is 2.04. The van der Waals surface area contributed by atoms with E-state index in [2.05, 4.69) is 22.6 Å². The van der Waals surface area contributed by atoms with E-state index < -0.39 is 18.0 Å². The maximum atomic E-state index is 10.8. The molecule has 0 N–H and O–H groups in total. The Balaban J connectivity index is 3.93. The SMILES string of the molecule is C=COC(=O)C(C)OC(=O)C=C. The van der Waals surface area contributed by atoms with Gasteiger partial charge in [-0.05, 0) is 6.92 Å². The summed E-state index contributed by atoms with van der Waals surface area (Å²) in [5.41, 5.74) is 0. The van der Waals surface area contributed by atoms with Crippen molar-refractivity contribution >= 4 is 11.9 Å². The molecule has 0 saturated heterocycles. The van der Waals surface area contributed by atoms with Gasteiger partial charge in [0.1, 0.15) is 0 Å². The van der Waals surface area contributed by atoms with Gasteiger partial charge < -0.3 is 9.47 Å². The quantitative estimate of drug-likeness (QED) is 0.355. The van der Waals surface area contributed by atoms with Crippen LogP contribution in [-0.4, -0.2) is 18.0 Å². The minimum absolute atomic E-state index is 0.663. The maximum Gasteiger partial charge on any atom is 0.351 e. The first-order valence-corrected chi connectivity index (χ1v) is 3.26. The van der Waals surface area contributed by atoms with Crippen LogP contribution in [0.4, 0.5) is 0 Å². The molecule has 0 heterocycles. The third-order valence-corrected chi connectivity index (χ3v) is 0.991. The van der Waals surface area contributed by atoms with Crippen molar-refractivity contribution in [3.8, 4) is 0 Å². The molecule has 4 nitrogen and oxygen atoms in total. The number of hydrogen-bond donors (Lipinski definition) is 0. The van der Waals surface area contributed by atoms with Crippen LogP contribution in [0.25, 0.3) is 0 Å². The molecule has 0 amide bonds. The van der Waals surface area contributed by atoms with Crippen molar-refractivity contribution in [3.63, 3.8) is 0 Å². The molecule has 66 valence electrons. The van der Waals surface area contributed by atoms with Gasteiger partial charge in [0.25, 0.3) is 0 Å². The van der Waals surface area contributed by atoms with E-state index in [1.165, 1.54) is 6.92 Å². The number of carbonyl (C=O) groups excluding carboxylic acids is 2. The molecule has 0 radical (unpaired) electrons. The Morgan fingerprint density at radius 1 is 1.42 bits per heavy atom. The molecule has 0 spiro atoms. The van der Waals surface area contributed by atoms with E-state index in [1.54, 1.807) is 0 Å². The van der Waals surface area contributed by atoms with Crippen LogP contribution in [-0.2, 0) is 19.1 Å². The van der Waals surface area contributed by atoms with E-state index in [-0.39, 0.29) is 0 Å². The summed E-state index contributed by atoms with van der Waals surface area (Å²) in [7, 11) is 0. The summed E-state index contributed by atoms with van der Waals surface area (Å²) >= 11 is 0. The minimum atomic E-state index is -0.937. The molecule has 12 heavy (non-hydrogen) atoms. The molecule has 1 unspecified atom stereocenters. The van der Waals surface area contributed by atoms with Gasteiger partial charge in [0.2, 0.25) is 0 Å². The number of ether oxygens (including phenoxy) is 2. The molecule has 0 saturated carbocycles. The Morgan fingerprint density at radius 2 is 2.00 bits per heavy atom. The highest BCUT2D eigenvalue weighted by atomic mass is 16.6. The van der Waals surface area contributed by atoms with Crippen LogP contribution in [0, 0.1) is 0 Å². The number of hydrogen-bond acceptors (Lipinski definition) is 4. The van der Waals surface area contributed by atoms with Crippen LogP contribution in [0.2, 0.25) is 0 Å². The molecule has 0 aromatic carbocycles. The molecule has 0 aliphatic rings. The van der Waals surface area contributed by atoms with E-state index >= 15 is 0 Å². The highest BCUT2D eigenvalue weighted by Gasteiger charge is 2.16. The van der Waals surface area contributed by atoms with Crippen molar-refractivity contribution in [3.05, 3.63) is 25.5 Å². The monoisotopic (exact) mass is 170 g/mol. The van der Waals surface area contributed by atoms with Crippen LogP contribution in [0.1, 0.15) is 6.92 Å². The average molecular weight is 170 g/mol. The lowest BCUT2D eigenvalue weighted by Crippen LogP contribution is -2.23. The van der Waals surface area contributed by atoms with Crippen molar-refractivity contribution in [1.29, 1.82) is 0 Å². The van der Waals surface area contributed by atoms with E-state index in [0.717, 1.165) is 12.3 Å². The van der Waals surface area contributed by atoms with Crippen molar-refractivity contribution in [2.75, 3.05) is 0 Å². The van der Waals surface area contributed by atoms with Crippen molar-refractivity contribution in [2.24, 2.45) is 0 Å². The first-order chi connectivity index (χ1) is 5.61. The Hall–Kier alpha value is -1.58. The molecule has 0 fully saturated rings. The Bertz CT molecular complexity index is 207. The first-order valence-electron chi connectivity index (χ1n) is 3.26. The predicted octanol–water partition coefficient (Wildman–Crippen LogP) is 0.791. The van der Waals surface area contributed by atoms with Gasteiger partial charge in [-0.2, -0.15) is 0 Å². The van der Waals surface area contributed by atoms with Crippen molar-refractivity contribution in [2.45, 2.75) is 13.0 Å². The van der Waals surface area contributed by atoms with Gasteiger partial charge in [-0.1, -0.05) is 13.2 Å². The first kappa shape index (κ1) is 10.4. The predicted molar refractivity (Wildman–Crippen MR) is 42.0 cm³/mol. The van der Waals surface area contributed by atoms with Gasteiger partial charge in [-0.25, -0.2) is 9.59 Å². The minimum Gasteiger partial charge on any atom is -0.447 e. The van der Waals surface area contributed by atoms with E-state index in [4.69, 9.17) is 0 Å². The van der Waals surface area contributed by atoms with Crippen LogP contribution in [0.5, 0.6) is 0 Å². The van der Waals surface area contributed by atoms with Gasteiger partial charge >= 0.3 is 11.9 Å². The van der Waals surface area contributed by atoms with E-state index in [0.29, 0.717) is 0 Å². The fourth-order valence-corrected chi connectivity index (χ4v) is 0.448. The summed E-state index contributed by atoms with van der Waals surface area (Å²) in [6.45, 7) is 7.75. The molecule has 0 aromatic heterocycles. The van der Waals surface area contributed by atoms with E-state index in [1.807, 2.05) is 0 Å². The lowest BCUT2D eigenvalue weighted by molar-refractivity contribution is -0.159. The molecule has 0 aromatic rings. The molecule has 0 bridgehead atoms. The van der Waals surface area contributed by atoms with Crippen LogP contribution < -0.4 is 0 Å². The number of rotatable bonds is 4. The van der Waals surface area contributed by atoms with Gasteiger partial charge in [0.15, 0.2) is 6.10 Å². The maximum absolute atomic E-state index is 10.8. The molecule has 0 aliphatic heterocycles. The zero-order valence-electron chi connectivity index (χ0n) is 6.78. The molecule has 0 aliphatic carbocycles. The lowest BCUT2D eigenvalue weighted by Gasteiger charge is -2.08. The molecule has 0 rings (SSSR count). The number of carbonyl (C=O) groups is 2. The summed E-state index contributed by atoms with van der Waals surface area (Å²) < 4.78 is 8.90. The highest BCUT2D eigenvalue weighted by molar-refractivity contribution is 5.85. The van der Waals surface area contributed by atoms with Gasteiger partial charge in [-0.15, -0.1) is 0 Å². The third kappa shape index (κ3) is 3.55. The molecular weight excluding hydrogens is 160 g/mol. The lowest BCUT2D eigenvalue weighted by atomic mass is 10.4. The van der Waals surface area contributed by atoms with Crippen LogP contribution in [0.15, 0.2) is 25.5 Å². The zero-order valence-corrected chi connectivity index (χ0v) is 6.78. The molecule has 1 atom stereocenters. The second-order valence-corrected chi connectivity index (χ2v) is 1.89. The Morgan fingerprint density at radius 3 is 2.42 bits per heavy atom. The normalized spacial score (nSPS) is 11.1. The Labute approximate surface area is 70.5 Å². The Kier molecular flexibility index (Phi) is 4.45. The van der Waals surface area contributed by atoms with Crippen molar-refractivity contribution in [1.82, 2.24) is 0 Å². The standard InChI is InChI=1S/C8H10O4/c1-4-7(9)12-6(3)8(10)11-5-2/h4-6H,1-2H2,3H3. The topological polar surface area (TPSA) is 52.6 Å². The summed E-state index contributed by atoms with van der Waals surface area (Å²) in [5.74, 6) is -1.33. The van der Waals surface area contributed by atoms with Crippen LogP contribution >= 0.6 is 0 Å². The zero-order chi connectivity index (χ0) is 9.56. The van der Waals surface area contributed by atoms with E-state index in [9.17, 15) is 9.59 Å². The van der Waals surface area contributed by atoms with Crippen molar-refractivity contribution < 1.29 is 19.1 Å². The number of esters is 2. The summed E-state index contributed by atoms with van der Waals surface area (Å²) in [5, 5.41) is 0. The molecule has 4 heteroatoms. The third-order valence-electron chi connectivity index (χ3n) is 0.991. The van der Waals surface area contributed by atoms with Gasteiger partial charge in [-0.3, -0.25) is 0 Å². The smallest absolute Gasteiger partial charge is 0.351 e. The summed E-state index contributed by atoms with van der Waals surface area (Å²) in [6, 6.07) is 0. The fourth-order valence-electron chi connectivity index (χ4n) is 0.448. The largest absolute Gasteiger partial charge is 0.447 e. The molecular formula is C8H10O4.